The molecule has 110 valence electrons. The van der Waals surface area contributed by atoms with Gasteiger partial charge in [0.25, 0.3) is 0 Å². The van der Waals surface area contributed by atoms with E-state index in [2.05, 4.69) is 13.8 Å². The third kappa shape index (κ3) is 6.99. The molecule has 0 radical (unpaired) electrons. The van der Waals surface area contributed by atoms with E-state index in [1.54, 1.807) is 0 Å². The fourth-order valence-corrected chi connectivity index (χ4v) is 3.29. The van der Waals surface area contributed by atoms with Crippen molar-refractivity contribution in [2.24, 2.45) is 0 Å². The van der Waals surface area contributed by atoms with Crippen molar-refractivity contribution in [3.63, 3.8) is 0 Å². The van der Waals surface area contributed by atoms with Gasteiger partial charge in [0.05, 0.1) is 26.2 Å². The molecule has 1 aliphatic heterocycles. The van der Waals surface area contributed by atoms with Gasteiger partial charge in [-0.3, -0.25) is 0 Å². The van der Waals surface area contributed by atoms with Crippen molar-refractivity contribution in [2.45, 2.75) is 78.1 Å². The second-order valence-corrected chi connectivity index (χ2v) is 6.01. The molecule has 0 atom stereocenters. The summed E-state index contributed by atoms with van der Waals surface area (Å²) in [6.45, 7) is 10.5. The van der Waals surface area contributed by atoms with Gasteiger partial charge in [-0.05, 0) is 39.0 Å². The number of halogens is 1. The number of piperidine rings is 1. The first-order chi connectivity index (χ1) is 8.33. The molecule has 0 spiro atoms. The zero-order chi connectivity index (χ0) is 12.4. The van der Waals surface area contributed by atoms with Crippen molar-refractivity contribution in [1.82, 2.24) is 0 Å². The highest BCUT2D eigenvalue weighted by molar-refractivity contribution is 4.54. The van der Waals surface area contributed by atoms with Crippen molar-refractivity contribution in [3.8, 4) is 0 Å². The number of unbranched alkanes of at least 4 members (excludes halogenated alkanes) is 6. The molecule has 18 heavy (non-hydrogen) atoms. The van der Waals surface area contributed by atoms with E-state index in [9.17, 15) is 0 Å². The van der Waals surface area contributed by atoms with Crippen molar-refractivity contribution < 1.29 is 16.9 Å². The molecule has 1 rings (SSSR count). The van der Waals surface area contributed by atoms with Gasteiger partial charge in [0, 0.05) is 0 Å². The van der Waals surface area contributed by atoms with E-state index in [1.807, 2.05) is 0 Å². The van der Waals surface area contributed by atoms with Crippen LogP contribution in [0.2, 0.25) is 0 Å². The Hall–Kier alpha value is 0.250. The van der Waals surface area contributed by atoms with E-state index in [0.29, 0.717) is 0 Å². The normalized spacial score (nSPS) is 18.3. The summed E-state index contributed by atoms with van der Waals surface area (Å²) in [5, 5.41) is 0. The van der Waals surface area contributed by atoms with Crippen LogP contribution in [-0.2, 0) is 0 Å². The molecule has 0 unspecified atom stereocenters. The van der Waals surface area contributed by atoms with Crippen LogP contribution < -0.4 is 12.4 Å². The standard InChI is InChI=1S/C16H34N.ClH/c1-3-5-6-7-8-9-11-14-17(4-2)15-12-10-13-16-17;/h3-16H2,1-2H3;1H/q+1;/p-1. The SMILES string of the molecule is CCCCCCCCC[N+]1(CC)CCCCC1.[Cl-]. The summed E-state index contributed by atoms with van der Waals surface area (Å²) in [7, 11) is 0. The predicted octanol–water partition coefficient (Wildman–Crippen LogP) is 1.76. The second kappa shape index (κ2) is 11.1. The predicted molar refractivity (Wildman–Crippen MR) is 77.2 cm³/mol. The van der Waals surface area contributed by atoms with Gasteiger partial charge in [0.1, 0.15) is 0 Å². The van der Waals surface area contributed by atoms with Gasteiger partial charge in [-0.1, -0.05) is 39.0 Å². The highest BCUT2D eigenvalue weighted by Gasteiger charge is 2.26. The van der Waals surface area contributed by atoms with Crippen molar-refractivity contribution in [3.05, 3.63) is 0 Å². The molecule has 0 bridgehead atoms. The first-order valence-electron chi connectivity index (χ1n) is 8.18. The molecule has 1 heterocycles. The summed E-state index contributed by atoms with van der Waals surface area (Å²) in [4.78, 5) is 0. The van der Waals surface area contributed by atoms with Crippen molar-refractivity contribution in [2.75, 3.05) is 26.2 Å². The Morgan fingerprint density at radius 1 is 0.722 bits per heavy atom. The van der Waals surface area contributed by atoms with E-state index < -0.39 is 0 Å². The summed E-state index contributed by atoms with van der Waals surface area (Å²) < 4.78 is 1.44. The third-order valence-corrected chi connectivity index (χ3v) is 4.67. The molecule has 1 fully saturated rings. The monoisotopic (exact) mass is 275 g/mol. The first kappa shape index (κ1) is 18.2. The molecule has 0 aromatic carbocycles. The molecular weight excluding hydrogens is 242 g/mol. The topological polar surface area (TPSA) is 0 Å². The fourth-order valence-electron chi connectivity index (χ4n) is 3.29. The lowest BCUT2D eigenvalue weighted by Gasteiger charge is -2.41. The van der Waals surface area contributed by atoms with Crippen LogP contribution in [0.25, 0.3) is 0 Å². The molecule has 1 saturated heterocycles. The van der Waals surface area contributed by atoms with Crippen LogP contribution in [0, 0.1) is 0 Å². The Morgan fingerprint density at radius 3 is 1.83 bits per heavy atom. The molecule has 1 aliphatic rings. The Labute approximate surface area is 121 Å². The molecule has 1 nitrogen and oxygen atoms in total. The molecule has 0 aliphatic carbocycles. The van der Waals surface area contributed by atoms with Crippen molar-refractivity contribution >= 4 is 0 Å². The van der Waals surface area contributed by atoms with Crippen LogP contribution in [0.15, 0.2) is 0 Å². The highest BCUT2D eigenvalue weighted by Crippen LogP contribution is 2.20. The maximum Gasteiger partial charge on any atom is 0.0786 e. The summed E-state index contributed by atoms with van der Waals surface area (Å²) in [6, 6.07) is 0. The largest absolute Gasteiger partial charge is 1.00 e. The molecule has 0 N–H and O–H groups in total. The van der Waals surface area contributed by atoms with Crippen LogP contribution in [0.5, 0.6) is 0 Å². The molecule has 0 aromatic rings. The average molecular weight is 276 g/mol. The van der Waals surface area contributed by atoms with Crippen LogP contribution in [0.3, 0.4) is 0 Å². The quantitative estimate of drug-likeness (QED) is 0.444. The lowest BCUT2D eigenvalue weighted by molar-refractivity contribution is -0.931. The maximum absolute atomic E-state index is 2.40. The zero-order valence-corrected chi connectivity index (χ0v) is 13.5. The summed E-state index contributed by atoms with van der Waals surface area (Å²) in [5.74, 6) is 0. The summed E-state index contributed by atoms with van der Waals surface area (Å²) in [6.07, 6.45) is 14.6. The van der Waals surface area contributed by atoms with Gasteiger partial charge in [-0.2, -0.15) is 0 Å². The van der Waals surface area contributed by atoms with E-state index >= 15 is 0 Å². The number of rotatable bonds is 9. The average Bonchev–Trinajstić information content (AvgIpc) is 2.39. The van der Waals surface area contributed by atoms with E-state index in [4.69, 9.17) is 0 Å². The minimum atomic E-state index is 0. The number of likely N-dealkylation sites (tertiary alicyclic amines) is 1. The minimum absolute atomic E-state index is 0. The smallest absolute Gasteiger partial charge is 0.0786 e. The Balaban J connectivity index is 0.00000289. The van der Waals surface area contributed by atoms with Gasteiger partial charge in [-0.25, -0.2) is 0 Å². The molecule has 0 amide bonds. The van der Waals surface area contributed by atoms with E-state index in [1.165, 1.54) is 94.9 Å². The summed E-state index contributed by atoms with van der Waals surface area (Å²) >= 11 is 0. The van der Waals surface area contributed by atoms with Crippen LogP contribution in [0.1, 0.15) is 78.1 Å². The Morgan fingerprint density at radius 2 is 1.28 bits per heavy atom. The lowest BCUT2D eigenvalue weighted by Crippen LogP contribution is -3.00. The van der Waals surface area contributed by atoms with Crippen LogP contribution >= 0.6 is 0 Å². The molecule has 0 aromatic heterocycles. The number of hydrogen-bond donors (Lipinski definition) is 0. The Kier molecular flexibility index (Phi) is 11.3. The lowest BCUT2D eigenvalue weighted by atomic mass is 10.0. The molecular formula is C16H34ClN. The highest BCUT2D eigenvalue weighted by atomic mass is 35.5. The zero-order valence-electron chi connectivity index (χ0n) is 12.7. The van der Waals surface area contributed by atoms with Gasteiger partial charge in [0.15, 0.2) is 0 Å². The van der Waals surface area contributed by atoms with Gasteiger partial charge in [-0.15, -0.1) is 0 Å². The number of nitrogens with zero attached hydrogens (tertiary/aromatic N) is 1. The molecule has 0 saturated carbocycles. The summed E-state index contributed by atoms with van der Waals surface area (Å²) in [5.41, 5.74) is 0. The van der Waals surface area contributed by atoms with E-state index in [-0.39, 0.29) is 12.4 Å². The van der Waals surface area contributed by atoms with Crippen LogP contribution in [-0.4, -0.2) is 30.7 Å². The fraction of sp³-hybridized carbons (Fsp3) is 1.00. The number of hydrogen-bond acceptors (Lipinski definition) is 0. The Bertz CT molecular complexity index is 176. The molecule has 2 heteroatoms. The third-order valence-electron chi connectivity index (χ3n) is 4.67. The van der Waals surface area contributed by atoms with Crippen LogP contribution in [0.4, 0.5) is 0 Å². The van der Waals surface area contributed by atoms with Crippen molar-refractivity contribution in [1.29, 1.82) is 0 Å². The van der Waals surface area contributed by atoms with E-state index in [0.717, 1.165) is 0 Å². The number of quaternary nitrogens is 1. The minimum Gasteiger partial charge on any atom is -1.00 e. The second-order valence-electron chi connectivity index (χ2n) is 6.01. The van der Waals surface area contributed by atoms with Gasteiger partial charge >= 0.3 is 0 Å². The van der Waals surface area contributed by atoms with Gasteiger partial charge < -0.3 is 16.9 Å². The van der Waals surface area contributed by atoms with Gasteiger partial charge in [0.2, 0.25) is 0 Å². The first-order valence-corrected chi connectivity index (χ1v) is 8.18. The maximum atomic E-state index is 2.40.